The Morgan fingerprint density at radius 3 is 1.09 bits per heavy atom. The number of nitrogens with zero attached hydrogens (tertiary/aromatic N) is 2. The minimum Gasteiger partial charge on any atom is -0.340 e. The number of unbranched alkanes of at least 4 members (excludes halogenated alkanes) is 3. The molecule has 0 aromatic heterocycles. The molecule has 198 valence electrons. The molecule has 0 saturated carbocycles. The summed E-state index contributed by atoms with van der Waals surface area (Å²) >= 11 is 0. The fourth-order valence-electron chi connectivity index (χ4n) is 7.09. The van der Waals surface area contributed by atoms with Crippen molar-refractivity contribution in [2.24, 2.45) is 0 Å². The fourth-order valence-corrected chi connectivity index (χ4v) is 7.09. The Hall–Kier alpha value is -1.14. The van der Waals surface area contributed by atoms with E-state index in [4.69, 9.17) is 0 Å². The highest BCUT2D eigenvalue weighted by Crippen LogP contribution is 2.33. The van der Waals surface area contributed by atoms with Gasteiger partial charge < -0.3 is 20.4 Å². The minimum atomic E-state index is 0.0357. The summed E-state index contributed by atoms with van der Waals surface area (Å²) in [4.78, 5) is 29.2. The largest absolute Gasteiger partial charge is 0.340 e. The SMILES string of the molecule is CC(=O)N(CCCCCCN(C(C)=O)C1CC(C)(C)NC(C)(C)C1)C1CC(C)(C)NC(C)(C)C1. The molecule has 0 aliphatic carbocycles. The average Bonchev–Trinajstić information content (AvgIpc) is 2.57. The van der Waals surface area contributed by atoms with Crippen molar-refractivity contribution in [3.05, 3.63) is 0 Å². The van der Waals surface area contributed by atoms with Crippen LogP contribution in [0.1, 0.15) is 121 Å². The molecule has 2 fully saturated rings. The van der Waals surface area contributed by atoms with Crippen LogP contribution in [0, 0.1) is 0 Å². The van der Waals surface area contributed by atoms with Crippen molar-refractivity contribution < 1.29 is 9.59 Å². The lowest BCUT2D eigenvalue weighted by molar-refractivity contribution is -0.134. The van der Waals surface area contributed by atoms with Crippen LogP contribution >= 0.6 is 0 Å². The van der Waals surface area contributed by atoms with Gasteiger partial charge in [0.25, 0.3) is 0 Å². The lowest BCUT2D eigenvalue weighted by Gasteiger charge is -2.49. The fraction of sp³-hybridized carbons (Fsp3) is 0.929. The van der Waals surface area contributed by atoms with Gasteiger partial charge >= 0.3 is 0 Å². The van der Waals surface area contributed by atoms with Crippen LogP contribution in [0.2, 0.25) is 0 Å². The van der Waals surface area contributed by atoms with Gasteiger partial charge in [-0.25, -0.2) is 0 Å². The number of hydrogen-bond donors (Lipinski definition) is 2. The van der Waals surface area contributed by atoms with E-state index in [1.165, 1.54) is 0 Å². The number of rotatable bonds is 9. The molecule has 0 unspecified atom stereocenters. The molecule has 2 heterocycles. The van der Waals surface area contributed by atoms with Crippen molar-refractivity contribution in [1.82, 2.24) is 20.4 Å². The molecule has 0 aromatic carbocycles. The van der Waals surface area contributed by atoms with Crippen LogP contribution in [0.3, 0.4) is 0 Å². The highest BCUT2D eigenvalue weighted by Gasteiger charge is 2.41. The summed E-state index contributed by atoms with van der Waals surface area (Å²) in [5.41, 5.74) is 0.143. The first-order valence-corrected chi connectivity index (χ1v) is 13.6. The third-order valence-corrected chi connectivity index (χ3v) is 7.58. The smallest absolute Gasteiger partial charge is 0.219 e. The van der Waals surface area contributed by atoms with Gasteiger partial charge in [0.15, 0.2) is 0 Å². The van der Waals surface area contributed by atoms with Crippen LogP contribution in [0.25, 0.3) is 0 Å². The van der Waals surface area contributed by atoms with Gasteiger partial charge in [-0.1, -0.05) is 12.8 Å². The molecule has 34 heavy (non-hydrogen) atoms. The Kier molecular flexibility index (Phi) is 9.29. The molecule has 2 aliphatic heterocycles. The normalized spacial score (nSPS) is 23.9. The van der Waals surface area contributed by atoms with E-state index >= 15 is 0 Å². The molecule has 2 amide bonds. The number of piperidine rings is 2. The summed E-state index contributed by atoms with van der Waals surface area (Å²) in [5, 5.41) is 7.44. The highest BCUT2D eigenvalue weighted by atomic mass is 16.2. The van der Waals surface area contributed by atoms with Crippen molar-refractivity contribution >= 4 is 11.8 Å². The third-order valence-electron chi connectivity index (χ3n) is 7.58. The average molecular weight is 479 g/mol. The summed E-state index contributed by atoms with van der Waals surface area (Å²) in [6.07, 6.45) is 8.21. The second-order valence-corrected chi connectivity index (χ2v) is 13.7. The second kappa shape index (κ2) is 10.9. The predicted octanol–water partition coefficient (Wildman–Crippen LogP) is 4.86. The van der Waals surface area contributed by atoms with Gasteiger partial charge in [0.2, 0.25) is 11.8 Å². The number of carbonyl (C=O) groups is 2. The zero-order chi connectivity index (χ0) is 25.9. The first-order valence-electron chi connectivity index (χ1n) is 13.6. The van der Waals surface area contributed by atoms with E-state index in [9.17, 15) is 9.59 Å². The van der Waals surface area contributed by atoms with Gasteiger partial charge in [0.1, 0.15) is 0 Å². The monoisotopic (exact) mass is 478 g/mol. The van der Waals surface area contributed by atoms with Gasteiger partial charge in [0.05, 0.1) is 0 Å². The quantitative estimate of drug-likeness (QED) is 0.465. The van der Waals surface area contributed by atoms with Crippen LogP contribution in [0.15, 0.2) is 0 Å². The summed E-state index contributed by atoms with van der Waals surface area (Å²) in [5.74, 6) is 0.384. The maximum atomic E-state index is 12.5. The predicted molar refractivity (Wildman–Crippen MR) is 142 cm³/mol. The highest BCUT2D eigenvalue weighted by molar-refractivity contribution is 5.74. The molecule has 0 radical (unpaired) electrons. The topological polar surface area (TPSA) is 64.7 Å². The summed E-state index contributed by atoms with van der Waals surface area (Å²) in [7, 11) is 0. The van der Waals surface area contributed by atoms with Gasteiger partial charge in [-0.2, -0.15) is 0 Å². The number of carbonyl (C=O) groups excluding carboxylic acids is 2. The van der Waals surface area contributed by atoms with E-state index in [2.05, 4.69) is 75.8 Å². The van der Waals surface area contributed by atoms with Crippen molar-refractivity contribution in [2.45, 2.75) is 155 Å². The van der Waals surface area contributed by atoms with Gasteiger partial charge in [-0.05, 0) is 93.9 Å². The molecular weight excluding hydrogens is 424 g/mol. The van der Waals surface area contributed by atoms with Crippen LogP contribution in [-0.4, -0.2) is 68.9 Å². The van der Waals surface area contributed by atoms with Crippen molar-refractivity contribution in [1.29, 1.82) is 0 Å². The summed E-state index contributed by atoms with van der Waals surface area (Å²) in [6, 6.07) is 0.590. The molecule has 0 atom stereocenters. The lowest BCUT2D eigenvalue weighted by Crippen LogP contribution is -2.62. The van der Waals surface area contributed by atoms with Crippen molar-refractivity contribution in [2.75, 3.05) is 13.1 Å². The Bertz CT molecular complexity index is 621. The number of nitrogens with one attached hydrogen (secondary N) is 2. The van der Waals surface area contributed by atoms with E-state index < -0.39 is 0 Å². The molecule has 6 nitrogen and oxygen atoms in total. The van der Waals surface area contributed by atoms with E-state index in [1.807, 2.05) is 0 Å². The van der Waals surface area contributed by atoms with Crippen LogP contribution in [-0.2, 0) is 9.59 Å². The lowest BCUT2D eigenvalue weighted by atomic mass is 9.79. The molecule has 2 saturated heterocycles. The van der Waals surface area contributed by atoms with Crippen LogP contribution in [0.4, 0.5) is 0 Å². The number of amides is 2. The van der Waals surface area contributed by atoms with Gasteiger partial charge in [-0.15, -0.1) is 0 Å². The molecule has 2 aliphatic rings. The third kappa shape index (κ3) is 8.82. The molecule has 2 rings (SSSR count). The summed E-state index contributed by atoms with van der Waals surface area (Å²) < 4.78 is 0. The maximum absolute atomic E-state index is 12.5. The van der Waals surface area contributed by atoms with Crippen molar-refractivity contribution in [3.8, 4) is 0 Å². The van der Waals surface area contributed by atoms with Crippen molar-refractivity contribution in [3.63, 3.8) is 0 Å². The second-order valence-electron chi connectivity index (χ2n) is 13.7. The first-order chi connectivity index (χ1) is 15.4. The minimum absolute atomic E-state index is 0.0357. The Balaban J connectivity index is 1.83. The Morgan fingerprint density at radius 2 is 0.853 bits per heavy atom. The number of hydrogen-bond acceptors (Lipinski definition) is 4. The maximum Gasteiger partial charge on any atom is 0.219 e. The molecule has 2 N–H and O–H groups in total. The van der Waals surface area contributed by atoms with Gasteiger partial charge in [0, 0.05) is 61.2 Å². The first kappa shape index (κ1) is 29.1. The van der Waals surface area contributed by atoms with E-state index in [-0.39, 0.29) is 34.0 Å². The molecule has 0 spiro atoms. The Morgan fingerprint density at radius 1 is 0.588 bits per heavy atom. The van der Waals surface area contributed by atoms with E-state index in [0.29, 0.717) is 12.1 Å². The standard InChI is InChI=1S/C28H54N4O2/c1-21(33)31(23-17-25(3,4)29-26(5,6)18-23)15-13-11-12-14-16-32(22(2)34)24-19-27(7,8)30-28(9,10)20-24/h23-24,29-30H,11-20H2,1-10H3. The van der Waals surface area contributed by atoms with E-state index in [0.717, 1.165) is 64.5 Å². The molecular formula is C28H54N4O2. The van der Waals surface area contributed by atoms with Crippen LogP contribution < -0.4 is 10.6 Å². The van der Waals surface area contributed by atoms with E-state index in [1.54, 1.807) is 13.8 Å². The van der Waals surface area contributed by atoms with Gasteiger partial charge in [-0.3, -0.25) is 9.59 Å². The zero-order valence-electron chi connectivity index (χ0n) is 23.9. The zero-order valence-corrected chi connectivity index (χ0v) is 23.9. The summed E-state index contributed by atoms with van der Waals surface area (Å²) in [6.45, 7) is 23.0. The molecule has 0 aromatic rings. The van der Waals surface area contributed by atoms with Crippen LogP contribution in [0.5, 0.6) is 0 Å². The molecule has 6 heteroatoms. The molecule has 0 bridgehead atoms. The Labute approximate surface area is 210 Å².